The molecule has 0 unspecified atom stereocenters. The molecule has 0 aliphatic heterocycles. The van der Waals surface area contributed by atoms with Crippen molar-refractivity contribution in [2.45, 2.75) is 13.8 Å². The summed E-state index contributed by atoms with van der Waals surface area (Å²) in [6.07, 6.45) is 0. The second kappa shape index (κ2) is 4.91. The second-order valence-electron chi connectivity index (χ2n) is 3.43. The van der Waals surface area contributed by atoms with Gasteiger partial charge in [0.15, 0.2) is 0 Å². The fourth-order valence-corrected chi connectivity index (χ4v) is 0.998. The van der Waals surface area contributed by atoms with Crippen LogP contribution in [0.1, 0.15) is 19.5 Å². The molecule has 0 aliphatic rings. The van der Waals surface area contributed by atoms with Crippen LogP contribution in [0, 0.1) is 5.92 Å². The summed E-state index contributed by atoms with van der Waals surface area (Å²) >= 11 is 4.82. The van der Waals surface area contributed by atoms with Crippen molar-refractivity contribution < 1.29 is 4.74 Å². The van der Waals surface area contributed by atoms with E-state index >= 15 is 0 Å². The Morgan fingerprint density at radius 1 is 1.57 bits per heavy atom. The van der Waals surface area contributed by atoms with Crippen molar-refractivity contribution in [3.63, 3.8) is 0 Å². The van der Waals surface area contributed by atoms with E-state index in [0.717, 1.165) is 0 Å². The van der Waals surface area contributed by atoms with Gasteiger partial charge in [0.05, 0.1) is 6.61 Å². The molecule has 1 heterocycles. The summed E-state index contributed by atoms with van der Waals surface area (Å²) in [5, 5.41) is 0. The maximum absolute atomic E-state index is 5.45. The first-order chi connectivity index (χ1) is 6.59. The zero-order valence-corrected chi connectivity index (χ0v) is 9.17. The molecule has 76 valence electrons. The predicted octanol–water partition coefficient (Wildman–Crippen LogP) is 1.75. The highest BCUT2D eigenvalue weighted by atomic mass is 32.1. The molecule has 1 aromatic heterocycles. The molecule has 0 fully saturated rings. The summed E-state index contributed by atoms with van der Waals surface area (Å²) in [6.45, 7) is 4.81. The number of ether oxygens (including phenoxy) is 1. The molecule has 3 nitrogen and oxygen atoms in total. The third-order valence-corrected chi connectivity index (χ3v) is 1.75. The standard InChI is InChI=1S/C10H14N2OS/c1-7(2)6-13-9-5-3-4-8(12-9)10(11)14/h3-5,7H,6H2,1-2H3,(H2,11,14). The summed E-state index contributed by atoms with van der Waals surface area (Å²) in [5.74, 6) is 1.05. The molecule has 1 aromatic rings. The van der Waals surface area contributed by atoms with Crippen LogP contribution in [0.2, 0.25) is 0 Å². The lowest BCUT2D eigenvalue weighted by Gasteiger charge is -2.08. The number of thiocarbonyl (C=S) groups is 1. The Morgan fingerprint density at radius 3 is 2.86 bits per heavy atom. The molecule has 0 aliphatic carbocycles. The van der Waals surface area contributed by atoms with Gasteiger partial charge in [0.25, 0.3) is 0 Å². The van der Waals surface area contributed by atoms with E-state index in [-0.39, 0.29) is 0 Å². The van der Waals surface area contributed by atoms with E-state index in [4.69, 9.17) is 22.7 Å². The Hall–Kier alpha value is -1.16. The third-order valence-electron chi connectivity index (χ3n) is 1.54. The zero-order chi connectivity index (χ0) is 10.6. The molecule has 0 bridgehead atoms. The number of aromatic nitrogens is 1. The first-order valence-corrected chi connectivity index (χ1v) is 4.90. The lowest BCUT2D eigenvalue weighted by atomic mass is 10.2. The fraction of sp³-hybridized carbons (Fsp3) is 0.400. The van der Waals surface area contributed by atoms with Crippen molar-refractivity contribution in [2.75, 3.05) is 6.61 Å². The summed E-state index contributed by atoms with van der Waals surface area (Å²) in [7, 11) is 0. The average Bonchev–Trinajstić information content (AvgIpc) is 2.15. The molecular weight excluding hydrogens is 196 g/mol. The Morgan fingerprint density at radius 2 is 2.29 bits per heavy atom. The highest BCUT2D eigenvalue weighted by molar-refractivity contribution is 7.80. The van der Waals surface area contributed by atoms with Gasteiger partial charge >= 0.3 is 0 Å². The van der Waals surface area contributed by atoms with Gasteiger partial charge in [-0.05, 0) is 12.0 Å². The van der Waals surface area contributed by atoms with Crippen LogP contribution in [0.15, 0.2) is 18.2 Å². The topological polar surface area (TPSA) is 48.1 Å². The molecular formula is C10H14N2OS. The monoisotopic (exact) mass is 210 g/mol. The molecule has 0 spiro atoms. The number of hydrogen-bond donors (Lipinski definition) is 1. The van der Waals surface area contributed by atoms with Gasteiger partial charge in [0.1, 0.15) is 10.7 Å². The molecule has 14 heavy (non-hydrogen) atoms. The minimum Gasteiger partial charge on any atom is -0.477 e. The number of nitrogens with two attached hydrogens (primary N) is 1. The van der Waals surface area contributed by atoms with Crippen molar-refractivity contribution >= 4 is 17.2 Å². The minimum absolute atomic E-state index is 0.292. The van der Waals surface area contributed by atoms with Gasteiger partial charge in [-0.25, -0.2) is 4.98 Å². The first kappa shape index (κ1) is 10.9. The third kappa shape index (κ3) is 3.30. The SMILES string of the molecule is CC(C)COc1cccc(C(N)=S)n1. The molecule has 0 saturated heterocycles. The molecule has 0 radical (unpaired) electrons. The average molecular weight is 210 g/mol. The van der Waals surface area contributed by atoms with E-state index in [2.05, 4.69) is 18.8 Å². The van der Waals surface area contributed by atoms with Crippen LogP contribution in [-0.2, 0) is 0 Å². The van der Waals surface area contributed by atoms with E-state index in [0.29, 0.717) is 29.1 Å². The molecule has 0 atom stereocenters. The van der Waals surface area contributed by atoms with Crippen molar-refractivity contribution in [3.05, 3.63) is 23.9 Å². The number of nitrogens with zero attached hydrogens (tertiary/aromatic N) is 1. The fourth-order valence-electron chi connectivity index (χ4n) is 0.884. The van der Waals surface area contributed by atoms with Crippen molar-refractivity contribution in [2.24, 2.45) is 11.7 Å². The molecule has 0 amide bonds. The van der Waals surface area contributed by atoms with Crippen molar-refractivity contribution in [1.82, 2.24) is 4.98 Å². The predicted molar refractivity (Wildman–Crippen MR) is 60.5 cm³/mol. The Labute approximate surface area is 89.3 Å². The van der Waals surface area contributed by atoms with Gasteiger partial charge in [-0.3, -0.25) is 0 Å². The Bertz CT molecular complexity index is 326. The quantitative estimate of drug-likeness (QED) is 0.769. The first-order valence-electron chi connectivity index (χ1n) is 4.49. The van der Waals surface area contributed by atoms with E-state index in [1.165, 1.54) is 0 Å². The number of rotatable bonds is 4. The summed E-state index contributed by atoms with van der Waals surface area (Å²) in [6, 6.07) is 5.39. The van der Waals surface area contributed by atoms with Crippen LogP contribution in [-0.4, -0.2) is 16.6 Å². The molecule has 0 aromatic carbocycles. The zero-order valence-electron chi connectivity index (χ0n) is 8.36. The van der Waals surface area contributed by atoms with Gasteiger partial charge in [0, 0.05) is 6.07 Å². The van der Waals surface area contributed by atoms with Crippen LogP contribution in [0.25, 0.3) is 0 Å². The Balaban J connectivity index is 2.69. The van der Waals surface area contributed by atoms with Crippen LogP contribution < -0.4 is 10.5 Å². The van der Waals surface area contributed by atoms with Crippen molar-refractivity contribution in [3.8, 4) is 5.88 Å². The second-order valence-corrected chi connectivity index (χ2v) is 3.87. The van der Waals surface area contributed by atoms with Gasteiger partial charge in [0.2, 0.25) is 5.88 Å². The smallest absolute Gasteiger partial charge is 0.213 e. The highest BCUT2D eigenvalue weighted by Crippen LogP contribution is 2.08. The van der Waals surface area contributed by atoms with Crippen molar-refractivity contribution in [1.29, 1.82) is 0 Å². The van der Waals surface area contributed by atoms with Crippen LogP contribution in [0.4, 0.5) is 0 Å². The highest BCUT2D eigenvalue weighted by Gasteiger charge is 2.01. The molecule has 2 N–H and O–H groups in total. The number of hydrogen-bond acceptors (Lipinski definition) is 3. The van der Waals surface area contributed by atoms with E-state index in [9.17, 15) is 0 Å². The molecule has 4 heteroatoms. The normalized spacial score (nSPS) is 10.2. The van der Waals surface area contributed by atoms with E-state index in [1.54, 1.807) is 12.1 Å². The lowest BCUT2D eigenvalue weighted by molar-refractivity contribution is 0.261. The largest absolute Gasteiger partial charge is 0.477 e. The molecule has 1 rings (SSSR count). The van der Waals surface area contributed by atoms with E-state index < -0.39 is 0 Å². The maximum Gasteiger partial charge on any atom is 0.213 e. The molecule has 0 saturated carbocycles. The van der Waals surface area contributed by atoms with Gasteiger partial charge in [-0.1, -0.05) is 32.1 Å². The summed E-state index contributed by atoms with van der Waals surface area (Å²) in [4.78, 5) is 4.45. The summed E-state index contributed by atoms with van der Waals surface area (Å²) in [5.41, 5.74) is 6.05. The van der Waals surface area contributed by atoms with Crippen LogP contribution in [0.5, 0.6) is 5.88 Å². The minimum atomic E-state index is 0.292. The lowest BCUT2D eigenvalue weighted by Crippen LogP contribution is -2.13. The maximum atomic E-state index is 5.45. The van der Waals surface area contributed by atoms with Gasteiger partial charge in [-0.2, -0.15) is 0 Å². The number of pyridine rings is 1. The van der Waals surface area contributed by atoms with Gasteiger partial charge in [-0.15, -0.1) is 0 Å². The van der Waals surface area contributed by atoms with Crippen LogP contribution in [0.3, 0.4) is 0 Å². The van der Waals surface area contributed by atoms with Crippen LogP contribution >= 0.6 is 12.2 Å². The Kier molecular flexibility index (Phi) is 3.83. The summed E-state index contributed by atoms with van der Waals surface area (Å²) < 4.78 is 5.43. The van der Waals surface area contributed by atoms with E-state index in [1.807, 2.05) is 6.07 Å². The van der Waals surface area contributed by atoms with Gasteiger partial charge < -0.3 is 10.5 Å².